The quantitative estimate of drug-likeness (QED) is 0.819. The van der Waals surface area contributed by atoms with Gasteiger partial charge >= 0.3 is 0 Å². The maximum absolute atomic E-state index is 12.5. The van der Waals surface area contributed by atoms with E-state index in [1.165, 1.54) is 15.6 Å². The summed E-state index contributed by atoms with van der Waals surface area (Å²) in [4.78, 5) is 0. The average Bonchev–Trinajstić information content (AvgIpc) is 2.81. The molecular formula is C11H19NO2S3. The number of thiophene rings is 1. The molecule has 0 aromatic carbocycles. The van der Waals surface area contributed by atoms with Gasteiger partial charge in [0, 0.05) is 18.8 Å². The van der Waals surface area contributed by atoms with Gasteiger partial charge in [-0.3, -0.25) is 0 Å². The van der Waals surface area contributed by atoms with E-state index in [0.29, 0.717) is 12.2 Å². The fourth-order valence-corrected chi connectivity index (χ4v) is 4.69. The van der Waals surface area contributed by atoms with Crippen LogP contribution in [0.5, 0.6) is 0 Å². The molecule has 2 unspecified atom stereocenters. The summed E-state index contributed by atoms with van der Waals surface area (Å²) < 4.78 is 26.4. The second-order valence-electron chi connectivity index (χ2n) is 4.05. The topological polar surface area (TPSA) is 37.4 Å². The maximum atomic E-state index is 12.5. The Balaban J connectivity index is 3.03. The monoisotopic (exact) mass is 293 g/mol. The minimum absolute atomic E-state index is 0.0870. The molecular weight excluding hydrogens is 274 g/mol. The third kappa shape index (κ3) is 3.24. The van der Waals surface area contributed by atoms with Crippen LogP contribution in [0.25, 0.3) is 0 Å². The standard InChI is InChI=1S/C11H19NO2S3/c1-4-11(10-5-6-16-8-10)17(13,14)12(3)9(2)7-15/h5-6,8-9,11,15H,4,7H2,1-3H3. The summed E-state index contributed by atoms with van der Waals surface area (Å²) >= 11 is 5.68. The Kier molecular flexibility index (Phi) is 5.50. The molecule has 0 radical (unpaired) electrons. The number of nitrogens with zero attached hydrogens (tertiary/aromatic N) is 1. The van der Waals surface area contributed by atoms with Crippen molar-refractivity contribution in [1.29, 1.82) is 0 Å². The van der Waals surface area contributed by atoms with Gasteiger partial charge in [-0.05, 0) is 35.7 Å². The lowest BCUT2D eigenvalue weighted by Crippen LogP contribution is -2.38. The highest BCUT2D eigenvalue weighted by Gasteiger charge is 2.32. The van der Waals surface area contributed by atoms with Crippen molar-refractivity contribution in [3.63, 3.8) is 0 Å². The molecule has 0 fully saturated rings. The van der Waals surface area contributed by atoms with Crippen molar-refractivity contribution in [3.05, 3.63) is 22.4 Å². The summed E-state index contributed by atoms with van der Waals surface area (Å²) in [6.45, 7) is 3.77. The van der Waals surface area contributed by atoms with Crippen molar-refractivity contribution < 1.29 is 8.42 Å². The molecule has 98 valence electrons. The predicted molar refractivity (Wildman–Crippen MR) is 77.3 cm³/mol. The fraction of sp³-hybridized carbons (Fsp3) is 0.636. The van der Waals surface area contributed by atoms with E-state index in [2.05, 4.69) is 12.6 Å². The zero-order valence-electron chi connectivity index (χ0n) is 10.3. The maximum Gasteiger partial charge on any atom is 0.221 e. The molecule has 0 bridgehead atoms. The van der Waals surface area contributed by atoms with Crippen LogP contribution >= 0.6 is 24.0 Å². The molecule has 6 heteroatoms. The van der Waals surface area contributed by atoms with Crippen molar-refractivity contribution >= 4 is 34.0 Å². The van der Waals surface area contributed by atoms with E-state index in [4.69, 9.17) is 0 Å². The molecule has 1 heterocycles. The Bertz CT molecular complexity index is 428. The van der Waals surface area contributed by atoms with Crippen LogP contribution in [-0.2, 0) is 10.0 Å². The molecule has 3 nitrogen and oxygen atoms in total. The van der Waals surface area contributed by atoms with Crippen LogP contribution in [0.2, 0.25) is 0 Å². The van der Waals surface area contributed by atoms with E-state index >= 15 is 0 Å². The minimum Gasteiger partial charge on any atom is -0.212 e. The van der Waals surface area contributed by atoms with Crippen molar-refractivity contribution in [1.82, 2.24) is 4.31 Å². The van der Waals surface area contributed by atoms with Crippen molar-refractivity contribution in [3.8, 4) is 0 Å². The van der Waals surface area contributed by atoms with Gasteiger partial charge in [0.1, 0.15) is 5.25 Å². The van der Waals surface area contributed by atoms with Crippen LogP contribution in [-0.4, -0.2) is 31.6 Å². The molecule has 1 aromatic rings. The summed E-state index contributed by atoms with van der Waals surface area (Å²) in [5.41, 5.74) is 0.885. The van der Waals surface area contributed by atoms with Crippen LogP contribution in [0, 0.1) is 0 Å². The minimum atomic E-state index is -3.29. The first-order valence-corrected chi connectivity index (χ1v) is 8.62. The van der Waals surface area contributed by atoms with Gasteiger partial charge in [0.25, 0.3) is 0 Å². The van der Waals surface area contributed by atoms with E-state index in [-0.39, 0.29) is 6.04 Å². The predicted octanol–water partition coefficient (Wildman–Crippen LogP) is 2.78. The van der Waals surface area contributed by atoms with Crippen LogP contribution in [0.15, 0.2) is 16.8 Å². The number of rotatable bonds is 6. The van der Waals surface area contributed by atoms with Gasteiger partial charge in [-0.25, -0.2) is 12.7 Å². The molecule has 1 aromatic heterocycles. The van der Waals surface area contributed by atoms with Gasteiger partial charge in [0.2, 0.25) is 10.0 Å². The van der Waals surface area contributed by atoms with Gasteiger partial charge in [-0.15, -0.1) is 0 Å². The number of thiol groups is 1. The Hall–Kier alpha value is -0.0400. The Morgan fingerprint density at radius 2 is 2.18 bits per heavy atom. The first-order chi connectivity index (χ1) is 7.95. The van der Waals surface area contributed by atoms with Crippen molar-refractivity contribution in [2.24, 2.45) is 0 Å². The van der Waals surface area contributed by atoms with Crippen molar-refractivity contribution in [2.75, 3.05) is 12.8 Å². The summed E-state index contributed by atoms with van der Waals surface area (Å²) in [7, 11) is -1.66. The summed E-state index contributed by atoms with van der Waals surface area (Å²) in [6.07, 6.45) is 0.586. The highest BCUT2D eigenvalue weighted by atomic mass is 32.2. The van der Waals surface area contributed by atoms with E-state index in [1.54, 1.807) is 7.05 Å². The SMILES string of the molecule is CCC(c1ccsc1)S(=O)(=O)N(C)C(C)CS. The molecule has 0 aliphatic carbocycles. The number of sulfonamides is 1. The third-order valence-electron chi connectivity index (χ3n) is 2.93. The second kappa shape index (κ2) is 6.22. The van der Waals surface area contributed by atoms with E-state index in [1.807, 2.05) is 30.7 Å². The molecule has 0 spiro atoms. The molecule has 2 atom stereocenters. The van der Waals surface area contributed by atoms with Gasteiger partial charge in [-0.1, -0.05) is 6.92 Å². The summed E-state index contributed by atoms with van der Waals surface area (Å²) in [5, 5.41) is 3.38. The molecule has 0 saturated carbocycles. The first kappa shape index (κ1) is 15.0. The van der Waals surface area contributed by atoms with Gasteiger partial charge in [0.15, 0.2) is 0 Å². The van der Waals surface area contributed by atoms with E-state index < -0.39 is 15.3 Å². The van der Waals surface area contributed by atoms with Crippen molar-refractivity contribution in [2.45, 2.75) is 31.6 Å². The zero-order chi connectivity index (χ0) is 13.1. The highest BCUT2D eigenvalue weighted by molar-refractivity contribution is 7.89. The largest absolute Gasteiger partial charge is 0.221 e. The molecule has 0 N–H and O–H groups in total. The van der Waals surface area contributed by atoms with Crippen LogP contribution in [0.4, 0.5) is 0 Å². The normalized spacial score (nSPS) is 16.1. The summed E-state index contributed by atoms with van der Waals surface area (Å²) in [6, 6.07) is 1.80. The number of hydrogen-bond acceptors (Lipinski definition) is 4. The average molecular weight is 293 g/mol. The molecule has 0 aliphatic heterocycles. The highest BCUT2D eigenvalue weighted by Crippen LogP contribution is 2.30. The molecule has 0 aliphatic rings. The van der Waals surface area contributed by atoms with E-state index in [0.717, 1.165) is 5.56 Å². The Morgan fingerprint density at radius 1 is 1.53 bits per heavy atom. The lowest BCUT2D eigenvalue weighted by Gasteiger charge is -2.27. The van der Waals surface area contributed by atoms with E-state index in [9.17, 15) is 8.42 Å². The molecule has 0 saturated heterocycles. The summed E-state index contributed by atoms with van der Waals surface area (Å²) in [5.74, 6) is 0.524. The molecule has 1 rings (SSSR count). The number of hydrogen-bond donors (Lipinski definition) is 1. The third-order valence-corrected chi connectivity index (χ3v) is 6.65. The lowest BCUT2D eigenvalue weighted by molar-refractivity contribution is 0.407. The zero-order valence-corrected chi connectivity index (χ0v) is 12.9. The van der Waals surface area contributed by atoms with Gasteiger partial charge < -0.3 is 0 Å². The second-order valence-corrected chi connectivity index (χ2v) is 7.37. The molecule has 0 amide bonds. The van der Waals surface area contributed by atoms with Gasteiger partial charge in [0.05, 0.1) is 0 Å². The van der Waals surface area contributed by atoms with Crippen LogP contribution in [0.3, 0.4) is 0 Å². The fourth-order valence-electron chi connectivity index (χ4n) is 1.64. The Labute approximate surface area is 113 Å². The van der Waals surface area contributed by atoms with Crippen LogP contribution in [0.1, 0.15) is 31.1 Å². The Morgan fingerprint density at radius 3 is 2.59 bits per heavy atom. The smallest absolute Gasteiger partial charge is 0.212 e. The molecule has 17 heavy (non-hydrogen) atoms. The first-order valence-electron chi connectivity index (χ1n) is 5.54. The van der Waals surface area contributed by atoms with Gasteiger partial charge in [-0.2, -0.15) is 24.0 Å². The lowest BCUT2D eigenvalue weighted by atomic mass is 10.2. The van der Waals surface area contributed by atoms with Crippen LogP contribution < -0.4 is 0 Å².